The third-order valence-electron chi connectivity index (χ3n) is 3.82. The second-order valence-electron chi connectivity index (χ2n) is 7.52. The van der Waals surface area contributed by atoms with Crippen LogP contribution in [0.2, 0.25) is 0 Å². The van der Waals surface area contributed by atoms with Crippen LogP contribution in [0.5, 0.6) is 0 Å². The standard InChI is InChI=1S/C20H37NO6/c1-14(2)18(22)7-9-25-11-17(21-20(24)13-27-16(5)6)12-26-10-8-19(23)15(3)4/h14-17H,7-13H2,1-6H3,(H,21,24). The largest absolute Gasteiger partial charge is 0.379 e. The minimum atomic E-state index is -0.364. The maximum atomic E-state index is 12.0. The molecule has 7 nitrogen and oxygen atoms in total. The van der Waals surface area contributed by atoms with Crippen molar-refractivity contribution in [2.45, 2.75) is 66.5 Å². The molecule has 0 rings (SSSR count). The molecule has 0 aromatic rings. The van der Waals surface area contributed by atoms with Gasteiger partial charge in [0, 0.05) is 24.7 Å². The van der Waals surface area contributed by atoms with Crippen molar-refractivity contribution in [3.8, 4) is 0 Å². The Bertz CT molecular complexity index is 420. The summed E-state index contributed by atoms with van der Waals surface area (Å²) in [5.74, 6) is 0.00404. The quantitative estimate of drug-likeness (QED) is 0.408. The second-order valence-corrected chi connectivity index (χ2v) is 7.52. The minimum Gasteiger partial charge on any atom is -0.379 e. The van der Waals surface area contributed by atoms with Crippen LogP contribution in [0.15, 0.2) is 0 Å². The van der Waals surface area contributed by atoms with Crippen LogP contribution in [-0.2, 0) is 28.6 Å². The molecule has 0 aliphatic carbocycles. The van der Waals surface area contributed by atoms with Crippen LogP contribution in [0.4, 0.5) is 0 Å². The molecule has 0 saturated carbocycles. The van der Waals surface area contributed by atoms with Crippen molar-refractivity contribution in [2.75, 3.05) is 33.0 Å². The molecular weight excluding hydrogens is 350 g/mol. The molecule has 1 amide bonds. The summed E-state index contributed by atoms with van der Waals surface area (Å²) in [5.41, 5.74) is 0. The first kappa shape index (κ1) is 25.7. The Morgan fingerprint density at radius 1 is 0.778 bits per heavy atom. The number of nitrogens with one attached hydrogen (secondary N) is 1. The van der Waals surface area contributed by atoms with Gasteiger partial charge in [0.1, 0.15) is 18.2 Å². The molecule has 0 aliphatic heterocycles. The summed E-state index contributed by atoms with van der Waals surface area (Å²) in [7, 11) is 0. The van der Waals surface area contributed by atoms with E-state index < -0.39 is 0 Å². The predicted octanol–water partition coefficient (Wildman–Crippen LogP) is 2.16. The molecule has 0 aromatic heterocycles. The highest BCUT2D eigenvalue weighted by Crippen LogP contribution is 2.01. The zero-order valence-corrected chi connectivity index (χ0v) is 17.7. The number of carbonyl (C=O) groups excluding carboxylic acids is 3. The summed E-state index contributed by atoms with van der Waals surface area (Å²) in [4.78, 5) is 35.2. The number of amides is 1. The Morgan fingerprint density at radius 2 is 1.22 bits per heavy atom. The van der Waals surface area contributed by atoms with Gasteiger partial charge < -0.3 is 19.5 Å². The molecule has 0 radical (unpaired) electrons. The summed E-state index contributed by atoms with van der Waals surface area (Å²) in [5, 5.41) is 2.81. The average molecular weight is 388 g/mol. The van der Waals surface area contributed by atoms with Crippen LogP contribution in [0.3, 0.4) is 0 Å². The minimum absolute atomic E-state index is 0.0147. The molecule has 158 valence electrons. The molecule has 0 aromatic carbocycles. The van der Waals surface area contributed by atoms with Crippen LogP contribution in [0.1, 0.15) is 54.4 Å². The molecule has 0 spiro atoms. The molecule has 0 unspecified atom stereocenters. The van der Waals surface area contributed by atoms with E-state index in [1.54, 1.807) is 0 Å². The van der Waals surface area contributed by atoms with Gasteiger partial charge in [0.2, 0.25) is 5.91 Å². The molecule has 0 saturated heterocycles. The summed E-state index contributed by atoms with van der Waals surface area (Å²) < 4.78 is 16.4. The first-order valence-corrected chi connectivity index (χ1v) is 9.75. The third-order valence-corrected chi connectivity index (χ3v) is 3.82. The fraction of sp³-hybridized carbons (Fsp3) is 0.850. The van der Waals surface area contributed by atoms with Crippen molar-refractivity contribution in [1.82, 2.24) is 5.32 Å². The van der Waals surface area contributed by atoms with Crippen LogP contribution in [-0.4, -0.2) is 62.7 Å². The Morgan fingerprint density at radius 3 is 1.59 bits per heavy atom. The summed E-state index contributed by atoms with van der Waals surface area (Å²) in [6.07, 6.45) is 0.655. The molecule has 1 N–H and O–H groups in total. The Labute approximate surface area is 163 Å². The number of rotatable bonds is 16. The monoisotopic (exact) mass is 387 g/mol. The van der Waals surface area contributed by atoms with E-state index in [0.29, 0.717) is 26.1 Å². The molecule has 0 fully saturated rings. The molecule has 0 atom stereocenters. The number of Topliss-reactive ketones (excluding diaryl/α,β-unsaturated/α-hetero) is 2. The van der Waals surface area contributed by atoms with Crippen molar-refractivity contribution in [3.63, 3.8) is 0 Å². The normalized spacial score (nSPS) is 11.6. The second kappa shape index (κ2) is 14.7. The summed E-state index contributed by atoms with van der Waals surface area (Å²) in [6.45, 7) is 12.2. The smallest absolute Gasteiger partial charge is 0.246 e. The Kier molecular flexibility index (Phi) is 14.0. The number of ketones is 2. The number of hydrogen-bond acceptors (Lipinski definition) is 6. The summed E-state index contributed by atoms with van der Waals surface area (Å²) >= 11 is 0. The van der Waals surface area contributed by atoms with E-state index in [-0.39, 0.29) is 61.3 Å². The van der Waals surface area contributed by atoms with Gasteiger partial charge in [-0.25, -0.2) is 0 Å². The average Bonchev–Trinajstić information content (AvgIpc) is 2.59. The maximum absolute atomic E-state index is 12.0. The zero-order valence-electron chi connectivity index (χ0n) is 17.7. The van der Waals surface area contributed by atoms with E-state index in [4.69, 9.17) is 14.2 Å². The zero-order chi connectivity index (χ0) is 20.8. The van der Waals surface area contributed by atoms with Crippen molar-refractivity contribution >= 4 is 17.5 Å². The molecule has 0 aliphatic rings. The van der Waals surface area contributed by atoms with Crippen LogP contribution in [0.25, 0.3) is 0 Å². The van der Waals surface area contributed by atoms with Crippen molar-refractivity contribution < 1.29 is 28.6 Å². The molecule has 7 heteroatoms. The molecule has 0 bridgehead atoms. The van der Waals surface area contributed by atoms with Gasteiger partial charge in [-0.15, -0.1) is 0 Å². The highest BCUT2D eigenvalue weighted by atomic mass is 16.5. The van der Waals surface area contributed by atoms with Crippen molar-refractivity contribution in [3.05, 3.63) is 0 Å². The molecule has 0 heterocycles. The van der Waals surface area contributed by atoms with Gasteiger partial charge in [-0.1, -0.05) is 27.7 Å². The van der Waals surface area contributed by atoms with Gasteiger partial charge in [-0.3, -0.25) is 14.4 Å². The predicted molar refractivity (Wildman–Crippen MR) is 104 cm³/mol. The van der Waals surface area contributed by atoms with Gasteiger partial charge in [0.05, 0.1) is 38.6 Å². The van der Waals surface area contributed by atoms with E-state index in [1.807, 2.05) is 41.5 Å². The lowest BCUT2D eigenvalue weighted by Crippen LogP contribution is -2.43. The lowest BCUT2D eigenvalue weighted by atomic mass is 10.1. The van der Waals surface area contributed by atoms with Gasteiger partial charge >= 0.3 is 0 Å². The van der Waals surface area contributed by atoms with Gasteiger partial charge in [0.15, 0.2) is 0 Å². The highest BCUT2D eigenvalue weighted by molar-refractivity contribution is 5.80. The van der Waals surface area contributed by atoms with E-state index in [9.17, 15) is 14.4 Å². The van der Waals surface area contributed by atoms with Crippen molar-refractivity contribution in [2.24, 2.45) is 11.8 Å². The number of carbonyl (C=O) groups is 3. The topological polar surface area (TPSA) is 90.9 Å². The third kappa shape index (κ3) is 14.4. The van der Waals surface area contributed by atoms with Crippen molar-refractivity contribution in [1.29, 1.82) is 0 Å². The lowest BCUT2D eigenvalue weighted by Gasteiger charge is -2.19. The molecular formula is C20H37NO6. The summed E-state index contributed by atoms with van der Waals surface area (Å²) in [6, 6.07) is -0.364. The fourth-order valence-corrected chi connectivity index (χ4v) is 2.02. The van der Waals surface area contributed by atoms with Crippen LogP contribution in [0, 0.1) is 11.8 Å². The molecule has 27 heavy (non-hydrogen) atoms. The first-order chi connectivity index (χ1) is 12.6. The van der Waals surface area contributed by atoms with Gasteiger partial charge in [-0.05, 0) is 13.8 Å². The first-order valence-electron chi connectivity index (χ1n) is 9.75. The lowest BCUT2D eigenvalue weighted by molar-refractivity contribution is -0.129. The number of ether oxygens (including phenoxy) is 3. The van der Waals surface area contributed by atoms with E-state index in [1.165, 1.54) is 0 Å². The van der Waals surface area contributed by atoms with Gasteiger partial charge in [-0.2, -0.15) is 0 Å². The Hall–Kier alpha value is -1.31. The SMILES string of the molecule is CC(C)OCC(=O)NC(COCCC(=O)C(C)C)COCCC(=O)C(C)C. The van der Waals surface area contributed by atoms with Crippen LogP contribution < -0.4 is 5.32 Å². The maximum Gasteiger partial charge on any atom is 0.246 e. The fourth-order valence-electron chi connectivity index (χ4n) is 2.02. The number of hydrogen-bond donors (Lipinski definition) is 1. The Balaban J connectivity index is 4.33. The van der Waals surface area contributed by atoms with E-state index >= 15 is 0 Å². The van der Waals surface area contributed by atoms with Gasteiger partial charge in [0.25, 0.3) is 0 Å². The van der Waals surface area contributed by atoms with Crippen LogP contribution >= 0.6 is 0 Å². The van der Waals surface area contributed by atoms with E-state index in [2.05, 4.69) is 5.32 Å². The highest BCUT2D eigenvalue weighted by Gasteiger charge is 2.15. The van der Waals surface area contributed by atoms with E-state index in [0.717, 1.165) is 0 Å².